The topological polar surface area (TPSA) is 62.2 Å². The highest BCUT2D eigenvalue weighted by molar-refractivity contribution is 5.82. The van der Waals surface area contributed by atoms with E-state index >= 15 is 0 Å². The van der Waals surface area contributed by atoms with E-state index in [0.717, 1.165) is 38.9 Å². The maximum Gasteiger partial charge on any atom is 0.241 e. The Hall–Kier alpha value is -2.18. The number of imidazole rings is 1. The van der Waals surface area contributed by atoms with Crippen LogP contribution in [0.4, 0.5) is 0 Å². The third kappa shape index (κ3) is 3.75. The first kappa shape index (κ1) is 16.3. The number of hydrogen-bond donors (Lipinski definition) is 2. The second-order valence-corrected chi connectivity index (χ2v) is 7.07. The first-order chi connectivity index (χ1) is 12.3. The molecule has 0 aliphatic carbocycles. The van der Waals surface area contributed by atoms with Gasteiger partial charge >= 0.3 is 0 Å². The zero-order valence-electron chi connectivity index (χ0n) is 14.3. The summed E-state index contributed by atoms with van der Waals surface area (Å²) < 4.78 is 2.13. The van der Waals surface area contributed by atoms with E-state index in [4.69, 9.17) is 0 Å². The van der Waals surface area contributed by atoms with Crippen LogP contribution in [0.2, 0.25) is 0 Å². The predicted octanol–water partition coefficient (Wildman–Crippen LogP) is 1.73. The molecule has 0 bridgehead atoms. The summed E-state index contributed by atoms with van der Waals surface area (Å²) in [7, 11) is 0. The molecule has 2 unspecified atom stereocenters. The minimum absolute atomic E-state index is 0.129. The minimum atomic E-state index is -0.129. The Balaban J connectivity index is 1.28. The van der Waals surface area contributed by atoms with Gasteiger partial charge in [-0.05, 0) is 30.7 Å². The standard InChI is InChI=1S/C19H25N5O/c25-19(18-12-17(21-22-18)16-4-2-1-3-5-16)24-9-6-15(7-10-24)13-23-11-8-20-14-23/h1-5,8,11,14-15,17-18,21-22H,6-7,9-10,12-13H2. The van der Waals surface area contributed by atoms with E-state index in [9.17, 15) is 4.79 Å². The molecule has 0 radical (unpaired) electrons. The fourth-order valence-corrected chi connectivity index (χ4v) is 3.87. The van der Waals surface area contributed by atoms with E-state index in [-0.39, 0.29) is 18.0 Å². The van der Waals surface area contributed by atoms with Crippen LogP contribution < -0.4 is 10.9 Å². The Morgan fingerprint density at radius 3 is 2.68 bits per heavy atom. The summed E-state index contributed by atoms with van der Waals surface area (Å²) in [4.78, 5) is 18.9. The number of hydrogen-bond acceptors (Lipinski definition) is 4. The molecule has 6 nitrogen and oxygen atoms in total. The molecule has 2 saturated heterocycles. The molecule has 2 N–H and O–H groups in total. The van der Waals surface area contributed by atoms with Crippen molar-refractivity contribution in [2.45, 2.75) is 37.9 Å². The molecule has 3 heterocycles. The largest absolute Gasteiger partial charge is 0.341 e. The molecule has 2 aromatic rings. The molecule has 2 aliphatic rings. The molecule has 1 amide bonds. The van der Waals surface area contributed by atoms with E-state index in [1.54, 1.807) is 0 Å². The molecule has 132 valence electrons. The molecule has 6 heteroatoms. The molecule has 25 heavy (non-hydrogen) atoms. The van der Waals surface area contributed by atoms with Gasteiger partial charge in [0.15, 0.2) is 0 Å². The average molecular weight is 339 g/mol. The van der Waals surface area contributed by atoms with E-state index in [1.165, 1.54) is 5.56 Å². The number of carbonyl (C=O) groups is 1. The van der Waals surface area contributed by atoms with Gasteiger partial charge in [-0.3, -0.25) is 4.79 Å². The predicted molar refractivity (Wildman–Crippen MR) is 95.4 cm³/mol. The van der Waals surface area contributed by atoms with Gasteiger partial charge in [-0.25, -0.2) is 15.8 Å². The number of aromatic nitrogens is 2. The lowest BCUT2D eigenvalue weighted by molar-refractivity contribution is -0.134. The Morgan fingerprint density at radius 1 is 1.16 bits per heavy atom. The number of nitrogens with zero attached hydrogens (tertiary/aromatic N) is 3. The van der Waals surface area contributed by atoms with Gasteiger partial charge in [-0.1, -0.05) is 30.3 Å². The van der Waals surface area contributed by atoms with Gasteiger partial charge in [-0.2, -0.15) is 0 Å². The summed E-state index contributed by atoms with van der Waals surface area (Å²) >= 11 is 0. The zero-order chi connectivity index (χ0) is 17.1. The van der Waals surface area contributed by atoms with Gasteiger partial charge in [0.1, 0.15) is 6.04 Å². The van der Waals surface area contributed by atoms with Crippen molar-refractivity contribution in [3.05, 3.63) is 54.6 Å². The van der Waals surface area contributed by atoms with Crippen LogP contribution in [0.25, 0.3) is 0 Å². The van der Waals surface area contributed by atoms with Crippen LogP contribution in [0.5, 0.6) is 0 Å². The second kappa shape index (κ2) is 7.37. The lowest BCUT2D eigenvalue weighted by atomic mass is 9.95. The number of rotatable bonds is 4. The lowest BCUT2D eigenvalue weighted by Crippen LogP contribution is -2.48. The zero-order valence-corrected chi connectivity index (χ0v) is 14.3. The van der Waals surface area contributed by atoms with Crippen molar-refractivity contribution in [3.63, 3.8) is 0 Å². The van der Waals surface area contributed by atoms with Crippen LogP contribution >= 0.6 is 0 Å². The van der Waals surface area contributed by atoms with E-state index < -0.39 is 0 Å². The molecular formula is C19H25N5O. The summed E-state index contributed by atoms with van der Waals surface area (Å²) in [6.07, 6.45) is 8.63. The fourth-order valence-electron chi connectivity index (χ4n) is 3.87. The molecule has 2 fully saturated rings. The molecule has 2 atom stereocenters. The van der Waals surface area contributed by atoms with Gasteiger partial charge in [0.2, 0.25) is 5.91 Å². The van der Waals surface area contributed by atoms with E-state index in [1.807, 2.05) is 41.8 Å². The van der Waals surface area contributed by atoms with Gasteiger partial charge in [0, 0.05) is 38.1 Å². The summed E-state index contributed by atoms with van der Waals surface area (Å²) in [5, 5.41) is 0. The molecule has 1 aromatic heterocycles. The van der Waals surface area contributed by atoms with Crippen molar-refractivity contribution in [1.29, 1.82) is 0 Å². The number of hydrazine groups is 1. The molecular weight excluding hydrogens is 314 g/mol. The third-order valence-electron chi connectivity index (χ3n) is 5.36. The van der Waals surface area contributed by atoms with Crippen molar-refractivity contribution in [3.8, 4) is 0 Å². The van der Waals surface area contributed by atoms with Gasteiger partial charge < -0.3 is 9.47 Å². The highest BCUT2D eigenvalue weighted by Crippen LogP contribution is 2.25. The van der Waals surface area contributed by atoms with Crippen LogP contribution in [0.15, 0.2) is 49.1 Å². The number of amides is 1. The number of carbonyl (C=O) groups excluding carboxylic acids is 1. The number of nitrogens with one attached hydrogen (secondary N) is 2. The maximum atomic E-state index is 12.8. The molecule has 1 aromatic carbocycles. The Labute approximate surface area is 148 Å². The van der Waals surface area contributed by atoms with Gasteiger partial charge in [0.05, 0.1) is 6.33 Å². The minimum Gasteiger partial charge on any atom is -0.341 e. The van der Waals surface area contributed by atoms with E-state index in [2.05, 4.69) is 32.5 Å². The first-order valence-electron chi connectivity index (χ1n) is 9.10. The molecule has 0 spiro atoms. The van der Waals surface area contributed by atoms with Gasteiger partial charge in [-0.15, -0.1) is 0 Å². The normalized spacial score (nSPS) is 24.6. The Morgan fingerprint density at radius 2 is 1.96 bits per heavy atom. The smallest absolute Gasteiger partial charge is 0.241 e. The van der Waals surface area contributed by atoms with Crippen LogP contribution in [0.1, 0.15) is 30.9 Å². The van der Waals surface area contributed by atoms with Crippen molar-refractivity contribution in [2.24, 2.45) is 5.92 Å². The molecule has 2 aliphatic heterocycles. The average Bonchev–Trinajstić information content (AvgIpc) is 3.34. The number of benzene rings is 1. The summed E-state index contributed by atoms with van der Waals surface area (Å²) in [5.41, 5.74) is 7.70. The van der Waals surface area contributed by atoms with Crippen LogP contribution in [0, 0.1) is 5.92 Å². The maximum absolute atomic E-state index is 12.8. The monoisotopic (exact) mass is 339 g/mol. The van der Waals surface area contributed by atoms with Crippen molar-refractivity contribution < 1.29 is 4.79 Å². The van der Waals surface area contributed by atoms with Crippen molar-refractivity contribution >= 4 is 5.91 Å². The van der Waals surface area contributed by atoms with Crippen LogP contribution in [-0.2, 0) is 11.3 Å². The van der Waals surface area contributed by atoms with Crippen LogP contribution in [0.3, 0.4) is 0 Å². The lowest BCUT2D eigenvalue weighted by Gasteiger charge is -2.33. The number of piperidine rings is 1. The van der Waals surface area contributed by atoms with E-state index in [0.29, 0.717) is 5.92 Å². The van der Waals surface area contributed by atoms with Crippen LogP contribution in [-0.4, -0.2) is 39.5 Å². The van der Waals surface area contributed by atoms with Gasteiger partial charge in [0.25, 0.3) is 0 Å². The summed E-state index contributed by atoms with van der Waals surface area (Å²) in [6.45, 7) is 2.71. The number of likely N-dealkylation sites (tertiary alicyclic amines) is 1. The van der Waals surface area contributed by atoms with Crippen molar-refractivity contribution in [2.75, 3.05) is 13.1 Å². The first-order valence-corrected chi connectivity index (χ1v) is 9.10. The fraction of sp³-hybridized carbons (Fsp3) is 0.474. The molecule has 4 rings (SSSR count). The highest BCUT2D eigenvalue weighted by atomic mass is 16.2. The Kier molecular flexibility index (Phi) is 4.81. The Bertz CT molecular complexity index is 679. The summed E-state index contributed by atoms with van der Waals surface area (Å²) in [5.74, 6) is 0.858. The summed E-state index contributed by atoms with van der Waals surface area (Å²) in [6, 6.07) is 10.4. The molecule has 0 saturated carbocycles. The van der Waals surface area contributed by atoms with Crippen molar-refractivity contribution in [1.82, 2.24) is 25.3 Å². The third-order valence-corrected chi connectivity index (χ3v) is 5.36. The highest BCUT2D eigenvalue weighted by Gasteiger charge is 2.34. The second-order valence-electron chi connectivity index (χ2n) is 7.07. The quantitative estimate of drug-likeness (QED) is 0.891. The SMILES string of the molecule is O=C(C1CC(c2ccccc2)NN1)N1CCC(Cn2ccnc2)CC1.